The molecule has 2 aromatic carbocycles. The Hall–Kier alpha value is -4.73. The van der Waals surface area contributed by atoms with Crippen molar-refractivity contribution in [3.8, 4) is 22.8 Å². The minimum Gasteiger partial charge on any atom is -0.493 e. The smallest absolute Gasteiger partial charge is 0.222 e. The standard InChI is InChI=1S/C31H34N6O4/c1-40-25-14-12-22(19-26(25)41-2)29-28-30(32)33-20-34-31(28)37(35-29)23-15-17-36(18-16-23)27(39)10-6-9-24(38)13-11-21-7-4-3-5-8-21/h3-5,7-8,11-14,19-20,23H,6,9-10,15-18H2,1-2H3,(H2,32,33,34)/b13-11+. The Morgan fingerprint density at radius 3 is 2.49 bits per heavy atom. The number of anilines is 1. The van der Waals surface area contributed by atoms with Crippen LogP contribution in [0.3, 0.4) is 0 Å². The van der Waals surface area contributed by atoms with E-state index in [1.54, 1.807) is 20.3 Å². The van der Waals surface area contributed by atoms with Gasteiger partial charge in [0.1, 0.15) is 17.8 Å². The molecule has 0 saturated carbocycles. The van der Waals surface area contributed by atoms with Crippen molar-refractivity contribution in [2.45, 2.75) is 38.1 Å². The highest BCUT2D eigenvalue weighted by Gasteiger charge is 2.28. The maximum atomic E-state index is 12.9. The van der Waals surface area contributed by atoms with E-state index in [0.717, 1.165) is 24.0 Å². The lowest BCUT2D eigenvalue weighted by atomic mass is 10.0. The first kappa shape index (κ1) is 27.8. The molecule has 41 heavy (non-hydrogen) atoms. The highest BCUT2D eigenvalue weighted by atomic mass is 16.5. The van der Waals surface area contributed by atoms with Crippen molar-refractivity contribution >= 4 is 34.6 Å². The zero-order valence-corrected chi connectivity index (χ0v) is 23.3. The van der Waals surface area contributed by atoms with Crippen LogP contribution in [0.5, 0.6) is 11.5 Å². The van der Waals surface area contributed by atoms with Crippen LogP contribution in [0.1, 0.15) is 43.7 Å². The molecule has 0 radical (unpaired) electrons. The van der Waals surface area contributed by atoms with Crippen LogP contribution in [-0.4, -0.2) is 63.6 Å². The topological polar surface area (TPSA) is 125 Å². The third-order valence-electron chi connectivity index (χ3n) is 7.41. The number of piperidine rings is 1. The number of hydrogen-bond acceptors (Lipinski definition) is 8. The molecule has 10 heteroatoms. The van der Waals surface area contributed by atoms with Gasteiger partial charge in [0.05, 0.1) is 25.6 Å². The zero-order valence-electron chi connectivity index (χ0n) is 23.3. The normalized spacial score (nSPS) is 14.0. The third-order valence-corrected chi connectivity index (χ3v) is 7.41. The van der Waals surface area contributed by atoms with Gasteiger partial charge in [-0.05, 0) is 49.1 Å². The highest BCUT2D eigenvalue weighted by Crippen LogP contribution is 2.37. The number of aromatic nitrogens is 4. The van der Waals surface area contributed by atoms with Crippen molar-refractivity contribution in [1.29, 1.82) is 0 Å². The van der Waals surface area contributed by atoms with E-state index < -0.39 is 0 Å². The molecule has 3 heterocycles. The fraction of sp³-hybridized carbons (Fsp3) is 0.323. The van der Waals surface area contributed by atoms with Crippen LogP contribution in [0.4, 0.5) is 5.82 Å². The number of nitrogens with zero attached hydrogens (tertiary/aromatic N) is 5. The summed E-state index contributed by atoms with van der Waals surface area (Å²) >= 11 is 0. The van der Waals surface area contributed by atoms with E-state index in [4.69, 9.17) is 20.3 Å². The number of hydrogen-bond donors (Lipinski definition) is 1. The summed E-state index contributed by atoms with van der Waals surface area (Å²) in [7, 11) is 3.18. The Labute approximate surface area is 238 Å². The molecule has 212 valence electrons. The van der Waals surface area contributed by atoms with Crippen molar-refractivity contribution in [2.24, 2.45) is 0 Å². The lowest BCUT2D eigenvalue weighted by Gasteiger charge is -2.32. The van der Waals surface area contributed by atoms with Crippen molar-refractivity contribution < 1.29 is 19.1 Å². The number of carbonyl (C=O) groups excluding carboxylic acids is 2. The van der Waals surface area contributed by atoms with Gasteiger partial charge in [0, 0.05) is 31.5 Å². The van der Waals surface area contributed by atoms with E-state index in [1.807, 2.05) is 64.2 Å². The molecule has 1 aliphatic rings. The van der Waals surface area contributed by atoms with Crippen LogP contribution in [0.2, 0.25) is 0 Å². The number of benzene rings is 2. The van der Waals surface area contributed by atoms with Gasteiger partial charge in [-0.3, -0.25) is 9.59 Å². The van der Waals surface area contributed by atoms with E-state index in [9.17, 15) is 9.59 Å². The number of rotatable bonds is 10. The van der Waals surface area contributed by atoms with Crippen LogP contribution in [0.25, 0.3) is 28.4 Å². The molecule has 0 spiro atoms. The number of nitrogen functional groups attached to an aromatic ring is 1. The number of amides is 1. The lowest BCUT2D eigenvalue weighted by molar-refractivity contribution is -0.132. The van der Waals surface area contributed by atoms with Gasteiger partial charge in [0.2, 0.25) is 5.91 Å². The molecule has 2 N–H and O–H groups in total. The van der Waals surface area contributed by atoms with Gasteiger partial charge in [-0.2, -0.15) is 5.10 Å². The molecule has 1 saturated heterocycles. The van der Waals surface area contributed by atoms with Crippen molar-refractivity contribution in [3.05, 3.63) is 66.5 Å². The molecule has 10 nitrogen and oxygen atoms in total. The number of fused-ring (bicyclic) bond motifs is 1. The Morgan fingerprint density at radius 2 is 1.76 bits per heavy atom. The highest BCUT2D eigenvalue weighted by molar-refractivity contribution is 5.98. The number of allylic oxidation sites excluding steroid dienone is 1. The van der Waals surface area contributed by atoms with Gasteiger partial charge in [-0.15, -0.1) is 0 Å². The third kappa shape index (κ3) is 6.21. The molecule has 1 fully saturated rings. The number of methoxy groups -OCH3 is 2. The first-order chi connectivity index (χ1) is 20.0. The van der Waals surface area contributed by atoms with E-state index in [2.05, 4.69) is 9.97 Å². The number of ketones is 1. The van der Waals surface area contributed by atoms with Crippen LogP contribution in [-0.2, 0) is 9.59 Å². The molecule has 5 rings (SSSR count). The SMILES string of the molecule is COc1ccc(-c2nn(C3CCN(C(=O)CCCC(=O)/C=C/c4ccccc4)CC3)c3ncnc(N)c23)cc1OC. The second-order valence-electron chi connectivity index (χ2n) is 10.00. The predicted molar refractivity (Wildman–Crippen MR) is 157 cm³/mol. The quantitative estimate of drug-likeness (QED) is 0.280. The Morgan fingerprint density at radius 1 is 1.00 bits per heavy atom. The number of carbonyl (C=O) groups is 2. The van der Waals surface area contributed by atoms with Crippen molar-refractivity contribution in [1.82, 2.24) is 24.6 Å². The van der Waals surface area contributed by atoms with Crippen LogP contribution >= 0.6 is 0 Å². The second kappa shape index (κ2) is 12.6. The molecule has 1 amide bonds. The summed E-state index contributed by atoms with van der Waals surface area (Å²) in [5.74, 6) is 1.66. The molecule has 0 unspecified atom stereocenters. The van der Waals surface area contributed by atoms with Gasteiger partial charge < -0.3 is 20.1 Å². The predicted octanol–water partition coefficient (Wildman–Crippen LogP) is 4.71. The first-order valence-corrected chi connectivity index (χ1v) is 13.7. The van der Waals surface area contributed by atoms with Gasteiger partial charge >= 0.3 is 0 Å². The molecule has 0 aliphatic carbocycles. The van der Waals surface area contributed by atoms with Gasteiger partial charge in [-0.1, -0.05) is 36.4 Å². The molecule has 0 bridgehead atoms. The maximum absolute atomic E-state index is 12.9. The van der Waals surface area contributed by atoms with Crippen molar-refractivity contribution in [2.75, 3.05) is 33.0 Å². The van der Waals surface area contributed by atoms with Crippen LogP contribution < -0.4 is 15.2 Å². The Kier molecular flexibility index (Phi) is 8.57. The molecule has 4 aromatic rings. The largest absolute Gasteiger partial charge is 0.493 e. The first-order valence-electron chi connectivity index (χ1n) is 13.7. The molecular formula is C31H34N6O4. The summed E-state index contributed by atoms with van der Waals surface area (Å²) in [6.07, 6.45) is 7.55. The summed E-state index contributed by atoms with van der Waals surface area (Å²) in [6, 6.07) is 15.3. The van der Waals surface area contributed by atoms with E-state index >= 15 is 0 Å². The summed E-state index contributed by atoms with van der Waals surface area (Å²) in [5.41, 5.74) is 9.43. The molecule has 0 atom stereocenters. The van der Waals surface area contributed by atoms with Crippen LogP contribution in [0.15, 0.2) is 60.9 Å². The van der Waals surface area contributed by atoms with Gasteiger partial charge in [0.25, 0.3) is 0 Å². The summed E-state index contributed by atoms with van der Waals surface area (Å²) in [5, 5.41) is 5.63. The van der Waals surface area contributed by atoms with E-state index in [0.29, 0.717) is 66.4 Å². The average Bonchev–Trinajstić information content (AvgIpc) is 3.41. The Bertz CT molecular complexity index is 1560. The van der Waals surface area contributed by atoms with E-state index in [1.165, 1.54) is 6.33 Å². The number of ether oxygens (including phenoxy) is 2. The second-order valence-corrected chi connectivity index (χ2v) is 10.00. The summed E-state index contributed by atoms with van der Waals surface area (Å²) in [6.45, 7) is 1.22. The van der Waals surface area contributed by atoms with E-state index in [-0.39, 0.29) is 17.7 Å². The summed E-state index contributed by atoms with van der Waals surface area (Å²) < 4.78 is 12.8. The minimum absolute atomic E-state index is 0.0254. The van der Waals surface area contributed by atoms with Crippen LogP contribution in [0, 0.1) is 0 Å². The van der Waals surface area contributed by atoms with Gasteiger partial charge in [0.15, 0.2) is 22.9 Å². The fourth-order valence-electron chi connectivity index (χ4n) is 5.20. The number of likely N-dealkylation sites (tertiary alicyclic amines) is 1. The fourth-order valence-corrected chi connectivity index (χ4v) is 5.20. The molecule has 1 aliphatic heterocycles. The number of nitrogens with two attached hydrogens (primary N) is 1. The summed E-state index contributed by atoms with van der Waals surface area (Å²) in [4.78, 5) is 35.7. The maximum Gasteiger partial charge on any atom is 0.222 e. The molecule has 2 aromatic heterocycles. The Balaban J connectivity index is 1.22. The molecular weight excluding hydrogens is 520 g/mol. The zero-order chi connectivity index (χ0) is 28.8. The van der Waals surface area contributed by atoms with Gasteiger partial charge in [-0.25, -0.2) is 14.6 Å². The average molecular weight is 555 g/mol. The van der Waals surface area contributed by atoms with Crippen molar-refractivity contribution in [3.63, 3.8) is 0 Å². The monoisotopic (exact) mass is 554 g/mol. The lowest BCUT2D eigenvalue weighted by Crippen LogP contribution is -2.39. The minimum atomic E-state index is 0.0254.